The Bertz CT molecular complexity index is 535. The van der Waals surface area contributed by atoms with E-state index in [-0.39, 0.29) is 11.2 Å². The number of aromatic nitrogens is 1. The monoisotopic (exact) mass is 230 g/mol. The SMILES string of the molecule is Nc1cccn(CCOc2ccccc2)c1=O. The molecule has 0 unspecified atom stereocenters. The molecule has 17 heavy (non-hydrogen) atoms. The van der Waals surface area contributed by atoms with Crippen LogP contribution in [-0.2, 0) is 6.54 Å². The number of hydrogen-bond acceptors (Lipinski definition) is 3. The van der Waals surface area contributed by atoms with Gasteiger partial charge >= 0.3 is 0 Å². The van der Waals surface area contributed by atoms with Gasteiger partial charge in [0, 0.05) is 6.20 Å². The molecule has 0 radical (unpaired) electrons. The largest absolute Gasteiger partial charge is 0.492 e. The summed E-state index contributed by atoms with van der Waals surface area (Å²) in [6.07, 6.45) is 1.70. The molecule has 4 heteroatoms. The summed E-state index contributed by atoms with van der Waals surface area (Å²) in [6.45, 7) is 0.923. The average Bonchev–Trinajstić information content (AvgIpc) is 2.36. The molecule has 4 nitrogen and oxygen atoms in total. The van der Waals surface area contributed by atoms with Gasteiger partial charge in [-0.05, 0) is 24.3 Å². The van der Waals surface area contributed by atoms with Crippen LogP contribution in [-0.4, -0.2) is 11.2 Å². The maximum absolute atomic E-state index is 11.6. The molecule has 1 aromatic carbocycles. The van der Waals surface area contributed by atoms with Gasteiger partial charge in [0.25, 0.3) is 5.56 Å². The van der Waals surface area contributed by atoms with Gasteiger partial charge in [-0.1, -0.05) is 18.2 Å². The lowest BCUT2D eigenvalue weighted by atomic mass is 10.3. The molecule has 2 N–H and O–H groups in total. The zero-order chi connectivity index (χ0) is 12.1. The van der Waals surface area contributed by atoms with Crippen molar-refractivity contribution >= 4 is 5.69 Å². The molecule has 0 bridgehead atoms. The van der Waals surface area contributed by atoms with Crippen LogP contribution < -0.4 is 16.0 Å². The van der Waals surface area contributed by atoms with Crippen LogP contribution in [0.4, 0.5) is 5.69 Å². The first-order valence-electron chi connectivity index (χ1n) is 5.40. The number of benzene rings is 1. The third-order valence-corrected chi connectivity index (χ3v) is 2.39. The average molecular weight is 230 g/mol. The van der Waals surface area contributed by atoms with E-state index in [1.54, 1.807) is 18.3 Å². The van der Waals surface area contributed by atoms with Crippen LogP contribution in [0.25, 0.3) is 0 Å². The molecule has 0 spiro atoms. The summed E-state index contributed by atoms with van der Waals surface area (Å²) >= 11 is 0. The Hall–Kier alpha value is -2.23. The molecule has 0 aliphatic carbocycles. The number of rotatable bonds is 4. The van der Waals surface area contributed by atoms with Gasteiger partial charge in [-0.3, -0.25) is 4.79 Å². The molecule has 2 rings (SSSR count). The molecule has 88 valence electrons. The van der Waals surface area contributed by atoms with E-state index in [4.69, 9.17) is 10.5 Å². The summed E-state index contributed by atoms with van der Waals surface area (Å²) in [5.74, 6) is 0.796. The maximum Gasteiger partial charge on any atom is 0.273 e. The van der Waals surface area contributed by atoms with Crippen molar-refractivity contribution in [2.24, 2.45) is 0 Å². The van der Waals surface area contributed by atoms with E-state index < -0.39 is 0 Å². The number of hydrogen-bond donors (Lipinski definition) is 1. The van der Waals surface area contributed by atoms with Gasteiger partial charge in [-0.2, -0.15) is 0 Å². The van der Waals surface area contributed by atoms with Crippen molar-refractivity contribution in [3.8, 4) is 5.75 Å². The summed E-state index contributed by atoms with van der Waals surface area (Å²) < 4.78 is 7.04. The number of pyridine rings is 1. The van der Waals surface area contributed by atoms with Crippen molar-refractivity contribution in [3.63, 3.8) is 0 Å². The summed E-state index contributed by atoms with van der Waals surface area (Å²) in [7, 11) is 0. The topological polar surface area (TPSA) is 57.2 Å². The zero-order valence-corrected chi connectivity index (χ0v) is 9.37. The standard InChI is InChI=1S/C13H14N2O2/c14-12-7-4-8-15(13(12)16)9-10-17-11-5-2-1-3-6-11/h1-8H,9-10,14H2. The van der Waals surface area contributed by atoms with Gasteiger partial charge in [0.15, 0.2) is 0 Å². The Kier molecular flexibility index (Phi) is 3.45. The zero-order valence-electron chi connectivity index (χ0n) is 9.37. The van der Waals surface area contributed by atoms with Crippen LogP contribution in [0.15, 0.2) is 53.5 Å². The minimum atomic E-state index is -0.177. The van der Waals surface area contributed by atoms with Gasteiger partial charge < -0.3 is 15.0 Å². The summed E-state index contributed by atoms with van der Waals surface area (Å²) in [5, 5.41) is 0. The van der Waals surface area contributed by atoms with Crippen LogP contribution in [0.2, 0.25) is 0 Å². The highest BCUT2D eigenvalue weighted by Crippen LogP contribution is 2.07. The molecular formula is C13H14N2O2. The number of nitrogen functional groups attached to an aromatic ring is 1. The Labute approximate surface area is 99.3 Å². The van der Waals surface area contributed by atoms with Crippen LogP contribution in [0.1, 0.15) is 0 Å². The van der Waals surface area contributed by atoms with Crippen molar-refractivity contribution in [3.05, 3.63) is 59.0 Å². The molecule has 0 saturated heterocycles. The van der Waals surface area contributed by atoms with E-state index in [0.717, 1.165) is 5.75 Å². The van der Waals surface area contributed by atoms with Crippen LogP contribution in [0, 0.1) is 0 Å². The molecule has 0 aliphatic rings. The summed E-state index contributed by atoms with van der Waals surface area (Å²) in [6, 6.07) is 12.8. The van der Waals surface area contributed by atoms with Gasteiger partial charge in [-0.15, -0.1) is 0 Å². The van der Waals surface area contributed by atoms with Gasteiger partial charge in [0.05, 0.1) is 12.2 Å². The van der Waals surface area contributed by atoms with Crippen LogP contribution in [0.5, 0.6) is 5.75 Å². The molecule has 0 amide bonds. The number of nitrogens with zero attached hydrogens (tertiary/aromatic N) is 1. The second-order valence-corrected chi connectivity index (χ2v) is 3.62. The van der Waals surface area contributed by atoms with Gasteiger partial charge in [-0.25, -0.2) is 0 Å². The highest BCUT2D eigenvalue weighted by molar-refractivity contribution is 5.33. The fourth-order valence-electron chi connectivity index (χ4n) is 1.51. The van der Waals surface area contributed by atoms with E-state index in [1.165, 1.54) is 4.57 Å². The number of para-hydroxylation sites is 1. The van der Waals surface area contributed by atoms with Crippen molar-refractivity contribution < 1.29 is 4.74 Å². The molecular weight excluding hydrogens is 216 g/mol. The van der Waals surface area contributed by atoms with E-state index in [0.29, 0.717) is 13.2 Å². The lowest BCUT2D eigenvalue weighted by Gasteiger charge is -2.08. The third-order valence-electron chi connectivity index (χ3n) is 2.39. The van der Waals surface area contributed by atoms with E-state index >= 15 is 0 Å². The maximum atomic E-state index is 11.6. The molecule has 0 fully saturated rings. The highest BCUT2D eigenvalue weighted by atomic mass is 16.5. The first-order chi connectivity index (χ1) is 8.27. The minimum Gasteiger partial charge on any atom is -0.492 e. The van der Waals surface area contributed by atoms with E-state index in [9.17, 15) is 4.79 Å². The van der Waals surface area contributed by atoms with Crippen LogP contribution in [0.3, 0.4) is 0 Å². The second kappa shape index (κ2) is 5.21. The van der Waals surface area contributed by atoms with Crippen molar-refractivity contribution in [1.29, 1.82) is 0 Å². The van der Waals surface area contributed by atoms with E-state index in [1.807, 2.05) is 30.3 Å². The van der Waals surface area contributed by atoms with Crippen LogP contribution >= 0.6 is 0 Å². The second-order valence-electron chi connectivity index (χ2n) is 3.62. The molecule has 0 saturated carbocycles. The molecule has 1 heterocycles. The highest BCUT2D eigenvalue weighted by Gasteiger charge is 1.99. The molecule has 0 aliphatic heterocycles. The molecule has 0 atom stereocenters. The quantitative estimate of drug-likeness (QED) is 0.866. The van der Waals surface area contributed by atoms with Crippen molar-refractivity contribution in [1.82, 2.24) is 4.57 Å². The summed E-state index contributed by atoms with van der Waals surface area (Å²) in [4.78, 5) is 11.6. The first-order valence-corrected chi connectivity index (χ1v) is 5.40. The third kappa shape index (κ3) is 2.87. The lowest BCUT2D eigenvalue weighted by Crippen LogP contribution is -2.24. The number of anilines is 1. The number of ether oxygens (including phenoxy) is 1. The first kappa shape index (κ1) is 11.3. The fourth-order valence-corrected chi connectivity index (χ4v) is 1.51. The Balaban J connectivity index is 1.95. The normalized spacial score (nSPS) is 10.1. The fraction of sp³-hybridized carbons (Fsp3) is 0.154. The van der Waals surface area contributed by atoms with Gasteiger partial charge in [0.2, 0.25) is 0 Å². The molecule has 2 aromatic rings. The van der Waals surface area contributed by atoms with Crippen molar-refractivity contribution in [2.75, 3.05) is 12.3 Å². The lowest BCUT2D eigenvalue weighted by molar-refractivity contribution is 0.296. The Morgan fingerprint density at radius 1 is 1.12 bits per heavy atom. The predicted octanol–water partition coefficient (Wildman–Crippen LogP) is 1.51. The minimum absolute atomic E-state index is 0.177. The Morgan fingerprint density at radius 3 is 2.65 bits per heavy atom. The Morgan fingerprint density at radius 2 is 1.88 bits per heavy atom. The summed E-state index contributed by atoms with van der Waals surface area (Å²) in [5.41, 5.74) is 5.61. The molecule has 1 aromatic heterocycles. The van der Waals surface area contributed by atoms with E-state index in [2.05, 4.69) is 0 Å². The van der Waals surface area contributed by atoms with Crippen molar-refractivity contribution in [2.45, 2.75) is 6.54 Å². The predicted molar refractivity (Wildman–Crippen MR) is 67.1 cm³/mol. The smallest absolute Gasteiger partial charge is 0.273 e. The number of nitrogens with two attached hydrogens (primary N) is 1. The van der Waals surface area contributed by atoms with Gasteiger partial charge in [0.1, 0.15) is 12.4 Å².